The van der Waals surface area contributed by atoms with Crippen molar-refractivity contribution in [1.29, 1.82) is 0 Å². The van der Waals surface area contributed by atoms with E-state index in [9.17, 15) is 4.79 Å². The molecule has 0 amide bonds. The Bertz CT molecular complexity index is 1010. The van der Waals surface area contributed by atoms with Gasteiger partial charge in [-0.05, 0) is 17.7 Å². The lowest BCUT2D eigenvalue weighted by molar-refractivity contribution is 0.242. The fourth-order valence-electron chi connectivity index (χ4n) is 3.05. The summed E-state index contributed by atoms with van der Waals surface area (Å²) in [5, 5.41) is 1.08. The zero-order chi connectivity index (χ0) is 18.1. The van der Waals surface area contributed by atoms with Crippen molar-refractivity contribution in [3.63, 3.8) is 0 Å². The maximum Gasteiger partial charge on any atom is 0.255 e. The zero-order valence-electron chi connectivity index (χ0n) is 13.7. The van der Waals surface area contributed by atoms with Gasteiger partial charge < -0.3 is 4.98 Å². The molecule has 0 unspecified atom stereocenters. The Morgan fingerprint density at radius 3 is 2.85 bits per heavy atom. The first-order valence-corrected chi connectivity index (χ1v) is 8.90. The standard InChI is InChI=1S/C18H15Cl2N5O/c19-13-2-1-11(7-14(13)20)9-25-6-3-15-12(10-25)18(26)24-17(23-15)16-8-21-4-5-22-16/h1-2,4-5,7-8H,3,6,9-10H2,(H,23,24,26). The van der Waals surface area contributed by atoms with Gasteiger partial charge in [0.15, 0.2) is 5.82 Å². The van der Waals surface area contributed by atoms with Crippen molar-refractivity contribution in [2.45, 2.75) is 19.5 Å². The Morgan fingerprint density at radius 2 is 2.08 bits per heavy atom. The third-order valence-electron chi connectivity index (χ3n) is 4.34. The lowest BCUT2D eigenvalue weighted by Crippen LogP contribution is -2.35. The van der Waals surface area contributed by atoms with Crippen molar-refractivity contribution in [3.8, 4) is 11.5 Å². The fraction of sp³-hybridized carbons (Fsp3) is 0.222. The van der Waals surface area contributed by atoms with Crippen molar-refractivity contribution < 1.29 is 0 Å². The van der Waals surface area contributed by atoms with Crippen LogP contribution in [0.2, 0.25) is 10.0 Å². The van der Waals surface area contributed by atoms with Crippen LogP contribution in [0.3, 0.4) is 0 Å². The van der Waals surface area contributed by atoms with Crippen LogP contribution in [0.25, 0.3) is 11.5 Å². The SMILES string of the molecule is O=c1[nH]c(-c2cnccn2)nc2c1CN(Cc1ccc(Cl)c(Cl)c1)CC2. The van der Waals surface area contributed by atoms with Gasteiger partial charge in [-0.1, -0.05) is 29.3 Å². The molecule has 6 nitrogen and oxygen atoms in total. The van der Waals surface area contributed by atoms with Gasteiger partial charge in [-0.3, -0.25) is 14.7 Å². The van der Waals surface area contributed by atoms with E-state index in [0.29, 0.717) is 46.6 Å². The van der Waals surface area contributed by atoms with Crippen LogP contribution < -0.4 is 5.56 Å². The summed E-state index contributed by atoms with van der Waals surface area (Å²) in [6.45, 7) is 2.05. The molecule has 0 fully saturated rings. The van der Waals surface area contributed by atoms with Gasteiger partial charge in [-0.2, -0.15) is 0 Å². The first-order chi connectivity index (χ1) is 12.6. The number of halogens is 2. The molecule has 2 aromatic heterocycles. The van der Waals surface area contributed by atoms with E-state index >= 15 is 0 Å². The number of aromatic amines is 1. The molecular formula is C18H15Cl2N5O. The molecular weight excluding hydrogens is 373 g/mol. The maximum atomic E-state index is 12.5. The summed E-state index contributed by atoms with van der Waals surface area (Å²) in [5.41, 5.74) is 3.01. The number of rotatable bonds is 3. The highest BCUT2D eigenvalue weighted by atomic mass is 35.5. The third-order valence-corrected chi connectivity index (χ3v) is 5.08. The summed E-state index contributed by atoms with van der Waals surface area (Å²) < 4.78 is 0. The van der Waals surface area contributed by atoms with Gasteiger partial charge in [0.05, 0.1) is 27.5 Å². The van der Waals surface area contributed by atoms with Crippen molar-refractivity contribution in [2.75, 3.05) is 6.54 Å². The van der Waals surface area contributed by atoms with E-state index in [1.165, 1.54) is 0 Å². The molecule has 1 aliphatic heterocycles. The Hall–Kier alpha value is -2.28. The smallest absolute Gasteiger partial charge is 0.255 e. The molecule has 8 heteroatoms. The monoisotopic (exact) mass is 387 g/mol. The molecule has 0 spiro atoms. The number of H-pyrrole nitrogens is 1. The zero-order valence-corrected chi connectivity index (χ0v) is 15.3. The molecule has 4 rings (SSSR count). The highest BCUT2D eigenvalue weighted by molar-refractivity contribution is 6.42. The molecule has 0 atom stereocenters. The predicted molar refractivity (Wildman–Crippen MR) is 100 cm³/mol. The lowest BCUT2D eigenvalue weighted by Gasteiger charge is -2.27. The number of hydrogen-bond donors (Lipinski definition) is 1. The number of nitrogens with zero attached hydrogens (tertiary/aromatic N) is 4. The molecule has 26 heavy (non-hydrogen) atoms. The summed E-state index contributed by atoms with van der Waals surface area (Å²) in [4.78, 5) is 30.4. The molecule has 132 valence electrons. The van der Waals surface area contributed by atoms with E-state index < -0.39 is 0 Å². The molecule has 3 heterocycles. The maximum absolute atomic E-state index is 12.5. The topological polar surface area (TPSA) is 74.8 Å². The molecule has 1 aliphatic rings. The second kappa shape index (κ2) is 7.15. The van der Waals surface area contributed by atoms with Crippen LogP contribution in [0, 0.1) is 0 Å². The molecule has 0 saturated carbocycles. The van der Waals surface area contributed by atoms with Crippen molar-refractivity contribution in [2.24, 2.45) is 0 Å². The van der Waals surface area contributed by atoms with Crippen LogP contribution in [0.4, 0.5) is 0 Å². The number of benzene rings is 1. The van der Waals surface area contributed by atoms with E-state index in [2.05, 4.69) is 24.8 Å². The first kappa shape index (κ1) is 17.1. The normalized spacial score (nSPS) is 14.2. The average molecular weight is 388 g/mol. The Kier molecular flexibility index (Phi) is 4.72. The molecule has 0 radical (unpaired) electrons. The Balaban J connectivity index is 1.57. The first-order valence-electron chi connectivity index (χ1n) is 8.15. The van der Waals surface area contributed by atoms with Crippen LogP contribution in [0.5, 0.6) is 0 Å². The quantitative estimate of drug-likeness (QED) is 0.747. The minimum absolute atomic E-state index is 0.130. The van der Waals surface area contributed by atoms with Crippen LogP contribution >= 0.6 is 23.2 Å². The van der Waals surface area contributed by atoms with Gasteiger partial charge in [-0.25, -0.2) is 9.97 Å². The van der Waals surface area contributed by atoms with Gasteiger partial charge in [0.2, 0.25) is 0 Å². The highest BCUT2D eigenvalue weighted by Crippen LogP contribution is 2.24. The van der Waals surface area contributed by atoms with Crippen molar-refractivity contribution >= 4 is 23.2 Å². The van der Waals surface area contributed by atoms with Gasteiger partial charge in [-0.15, -0.1) is 0 Å². The van der Waals surface area contributed by atoms with E-state index in [0.717, 1.165) is 17.8 Å². The largest absolute Gasteiger partial charge is 0.305 e. The van der Waals surface area contributed by atoms with Gasteiger partial charge in [0.1, 0.15) is 5.69 Å². The van der Waals surface area contributed by atoms with E-state index in [1.807, 2.05) is 12.1 Å². The number of fused-ring (bicyclic) bond motifs is 1. The summed E-state index contributed by atoms with van der Waals surface area (Å²) in [6, 6.07) is 5.60. The van der Waals surface area contributed by atoms with E-state index in [4.69, 9.17) is 23.2 Å². The minimum Gasteiger partial charge on any atom is -0.305 e. The number of hydrogen-bond acceptors (Lipinski definition) is 5. The highest BCUT2D eigenvalue weighted by Gasteiger charge is 2.22. The van der Waals surface area contributed by atoms with Crippen LogP contribution in [-0.4, -0.2) is 31.4 Å². The van der Waals surface area contributed by atoms with Crippen molar-refractivity contribution in [3.05, 3.63) is 74.0 Å². The van der Waals surface area contributed by atoms with E-state index in [-0.39, 0.29) is 5.56 Å². The van der Waals surface area contributed by atoms with Crippen LogP contribution in [0.15, 0.2) is 41.6 Å². The molecule has 3 aromatic rings. The number of aromatic nitrogens is 4. The Labute approximate surface area is 159 Å². The fourth-order valence-corrected chi connectivity index (χ4v) is 3.38. The second-order valence-corrected chi connectivity index (χ2v) is 6.95. The Morgan fingerprint density at radius 1 is 1.19 bits per heavy atom. The summed E-state index contributed by atoms with van der Waals surface area (Å²) in [7, 11) is 0. The average Bonchev–Trinajstić information content (AvgIpc) is 2.66. The molecule has 0 saturated heterocycles. The molecule has 1 N–H and O–H groups in total. The molecule has 0 aliphatic carbocycles. The number of nitrogens with one attached hydrogen (secondary N) is 1. The molecule has 0 bridgehead atoms. The predicted octanol–water partition coefficient (Wildman–Crippen LogP) is 3.09. The van der Waals surface area contributed by atoms with Gasteiger partial charge in [0, 0.05) is 38.4 Å². The van der Waals surface area contributed by atoms with Gasteiger partial charge >= 0.3 is 0 Å². The van der Waals surface area contributed by atoms with Crippen LogP contribution in [0.1, 0.15) is 16.8 Å². The van der Waals surface area contributed by atoms with Gasteiger partial charge in [0.25, 0.3) is 5.56 Å². The minimum atomic E-state index is -0.130. The lowest BCUT2D eigenvalue weighted by atomic mass is 10.1. The second-order valence-electron chi connectivity index (χ2n) is 6.14. The van der Waals surface area contributed by atoms with E-state index in [1.54, 1.807) is 24.7 Å². The van der Waals surface area contributed by atoms with Crippen LogP contribution in [-0.2, 0) is 19.5 Å². The summed E-state index contributed by atoms with van der Waals surface area (Å²) >= 11 is 12.1. The summed E-state index contributed by atoms with van der Waals surface area (Å²) in [5.74, 6) is 0.458. The summed E-state index contributed by atoms with van der Waals surface area (Å²) in [6.07, 6.45) is 5.45. The van der Waals surface area contributed by atoms with Crippen molar-refractivity contribution in [1.82, 2.24) is 24.8 Å². The third kappa shape index (κ3) is 3.49. The molecule has 1 aromatic carbocycles.